The van der Waals surface area contributed by atoms with Gasteiger partial charge in [0.25, 0.3) is 0 Å². The number of carbonyl (C=O) groups excluding carboxylic acids is 1. The first-order valence-corrected chi connectivity index (χ1v) is 9.65. The molecule has 144 valence electrons. The van der Waals surface area contributed by atoms with Crippen molar-refractivity contribution in [3.05, 3.63) is 0 Å². The van der Waals surface area contributed by atoms with E-state index in [-0.39, 0.29) is 29.6 Å². The van der Waals surface area contributed by atoms with Crippen molar-refractivity contribution in [2.45, 2.75) is 56.1 Å². The molecule has 0 atom stereocenters. The predicted octanol–water partition coefficient (Wildman–Crippen LogP) is -0.0866. The fraction of sp³-hybridized carbons (Fsp3) is 0.933. The Morgan fingerprint density at radius 2 is 1.46 bits per heavy atom. The van der Waals surface area contributed by atoms with Crippen LogP contribution in [0.5, 0.6) is 0 Å². The zero-order valence-corrected chi connectivity index (χ0v) is 17.2. The summed E-state index contributed by atoms with van der Waals surface area (Å²) < 4.78 is 88.7. The fourth-order valence-corrected chi connectivity index (χ4v) is 5.58. The Labute approximate surface area is 171 Å². The topological polar surface area (TPSA) is 83.5 Å². The van der Waals surface area contributed by atoms with Crippen LogP contribution in [-0.2, 0) is 19.6 Å². The summed E-state index contributed by atoms with van der Waals surface area (Å²) in [5.41, 5.74) is -0.725. The van der Waals surface area contributed by atoms with Crippen molar-refractivity contribution >= 4 is 16.1 Å². The van der Waals surface area contributed by atoms with Gasteiger partial charge in [0.05, 0.1) is 18.4 Å². The summed E-state index contributed by atoms with van der Waals surface area (Å²) in [7, 11) is -6.52. The predicted molar refractivity (Wildman–Crippen MR) is 75.8 cm³/mol. The monoisotopic (exact) mass is 410 g/mol. The summed E-state index contributed by atoms with van der Waals surface area (Å²) >= 11 is 0. The average Bonchev–Trinajstić information content (AvgIpc) is 2.44. The van der Waals surface area contributed by atoms with Crippen molar-refractivity contribution in [1.82, 2.24) is 0 Å². The van der Waals surface area contributed by atoms with E-state index < -0.39 is 45.7 Å². The molecule has 0 amide bonds. The molecule has 0 aromatic carbocycles. The SMILES string of the molecule is O=C(OCCC(F)(F)C(F)(F)S(=O)(=O)[O-])C12CC3CC(CC(C3)C1)C2.[Na+]. The molecule has 0 aromatic heterocycles. The standard InChI is InChI=1S/C15H20F4O5S.Na/c16-14(17,15(18,19)25(21,22)23)1-2-24-12(20)13-6-9-3-10(7-13)5-11(4-9)8-13;/h9-11H,1-8H2,(H,21,22,23);/q;+1/p-1. The van der Waals surface area contributed by atoms with E-state index in [0.717, 1.165) is 19.3 Å². The maximum Gasteiger partial charge on any atom is 1.00 e. The van der Waals surface area contributed by atoms with E-state index in [9.17, 15) is 35.3 Å². The first kappa shape index (κ1) is 22.4. The molecule has 26 heavy (non-hydrogen) atoms. The normalized spacial score (nSPS) is 33.7. The fourth-order valence-electron chi connectivity index (χ4n) is 5.11. The van der Waals surface area contributed by atoms with Crippen LogP contribution in [-0.4, -0.2) is 36.7 Å². The van der Waals surface area contributed by atoms with E-state index in [0.29, 0.717) is 37.0 Å². The molecule has 0 heterocycles. The Balaban J connectivity index is 0.00000243. The van der Waals surface area contributed by atoms with Gasteiger partial charge in [-0.2, -0.15) is 17.6 Å². The maximum absolute atomic E-state index is 13.4. The molecule has 4 saturated carbocycles. The summed E-state index contributed by atoms with van der Waals surface area (Å²) in [4.78, 5) is 12.4. The maximum atomic E-state index is 13.4. The molecule has 0 radical (unpaired) electrons. The smallest absolute Gasteiger partial charge is 0.743 e. The summed E-state index contributed by atoms with van der Waals surface area (Å²) in [6.45, 7) is -1.06. The second-order valence-corrected chi connectivity index (χ2v) is 9.18. The number of hydrogen-bond acceptors (Lipinski definition) is 5. The van der Waals surface area contributed by atoms with Gasteiger partial charge < -0.3 is 9.29 Å². The van der Waals surface area contributed by atoms with Gasteiger partial charge in [-0.1, -0.05) is 0 Å². The third-order valence-corrected chi connectivity index (χ3v) is 6.79. The van der Waals surface area contributed by atoms with E-state index in [1.165, 1.54) is 0 Å². The Bertz CT molecular complexity index is 632. The van der Waals surface area contributed by atoms with Crippen molar-refractivity contribution in [1.29, 1.82) is 0 Å². The quantitative estimate of drug-likeness (QED) is 0.265. The Morgan fingerprint density at radius 1 is 1.04 bits per heavy atom. The minimum absolute atomic E-state index is 0. The summed E-state index contributed by atoms with van der Waals surface area (Å²) in [5, 5.41) is -5.74. The molecule has 0 spiro atoms. The Kier molecular flexibility index (Phi) is 6.17. The van der Waals surface area contributed by atoms with Gasteiger partial charge in [-0.05, 0) is 56.3 Å². The molecule has 0 saturated heterocycles. The second-order valence-electron chi connectivity index (χ2n) is 7.76. The van der Waals surface area contributed by atoms with Gasteiger partial charge in [0.15, 0.2) is 10.1 Å². The molecule has 0 aromatic rings. The molecule has 4 fully saturated rings. The van der Waals surface area contributed by atoms with Crippen LogP contribution in [0, 0.1) is 23.2 Å². The van der Waals surface area contributed by atoms with Crippen molar-refractivity contribution in [3.8, 4) is 0 Å². The number of alkyl halides is 4. The number of carbonyl (C=O) groups is 1. The number of halogens is 4. The number of esters is 1. The molecule has 4 bridgehead atoms. The van der Waals surface area contributed by atoms with Crippen LogP contribution in [0.15, 0.2) is 0 Å². The molecule has 4 aliphatic carbocycles. The van der Waals surface area contributed by atoms with Gasteiger partial charge in [-0.3, -0.25) is 4.79 Å². The Hall–Kier alpha value is 0.1000. The van der Waals surface area contributed by atoms with Gasteiger partial charge in [0.1, 0.15) is 0 Å². The van der Waals surface area contributed by atoms with Crippen LogP contribution >= 0.6 is 0 Å². The molecular weight excluding hydrogens is 391 g/mol. The van der Waals surface area contributed by atoms with Crippen LogP contribution in [0.3, 0.4) is 0 Å². The van der Waals surface area contributed by atoms with Gasteiger partial charge in [-0.15, -0.1) is 0 Å². The molecule has 11 heteroatoms. The second kappa shape index (κ2) is 7.17. The minimum atomic E-state index is -6.52. The van der Waals surface area contributed by atoms with Crippen molar-refractivity contribution in [2.75, 3.05) is 6.61 Å². The molecule has 0 N–H and O–H groups in total. The number of ether oxygens (including phenoxy) is 1. The van der Waals surface area contributed by atoms with Crippen LogP contribution in [0.25, 0.3) is 0 Å². The van der Waals surface area contributed by atoms with E-state index in [1.54, 1.807) is 0 Å². The van der Waals surface area contributed by atoms with Crippen LogP contribution in [0.1, 0.15) is 44.9 Å². The minimum Gasteiger partial charge on any atom is -0.743 e. The van der Waals surface area contributed by atoms with E-state index in [4.69, 9.17) is 4.74 Å². The Morgan fingerprint density at radius 3 is 1.85 bits per heavy atom. The first-order valence-electron chi connectivity index (χ1n) is 8.25. The zero-order chi connectivity index (χ0) is 18.7. The van der Waals surface area contributed by atoms with Gasteiger partial charge in [0, 0.05) is 0 Å². The van der Waals surface area contributed by atoms with Gasteiger partial charge >= 0.3 is 46.7 Å². The van der Waals surface area contributed by atoms with Gasteiger partial charge in [-0.25, -0.2) is 8.42 Å². The largest absolute Gasteiger partial charge is 1.00 e. The van der Waals surface area contributed by atoms with E-state index in [2.05, 4.69) is 0 Å². The number of hydrogen-bond donors (Lipinski definition) is 0. The molecule has 0 aliphatic heterocycles. The average molecular weight is 410 g/mol. The molecule has 0 unspecified atom stereocenters. The van der Waals surface area contributed by atoms with Gasteiger partial charge in [0.2, 0.25) is 0 Å². The van der Waals surface area contributed by atoms with Crippen molar-refractivity contribution in [3.63, 3.8) is 0 Å². The molecular formula is C15H19F4NaO5S. The van der Waals surface area contributed by atoms with E-state index in [1.807, 2.05) is 0 Å². The van der Waals surface area contributed by atoms with Crippen molar-refractivity contribution < 1.29 is 69.6 Å². The summed E-state index contributed by atoms with van der Waals surface area (Å²) in [5.74, 6) is -4.54. The third-order valence-electron chi connectivity index (χ3n) is 5.86. The third kappa shape index (κ3) is 3.81. The molecule has 4 rings (SSSR count). The van der Waals surface area contributed by atoms with Crippen LogP contribution in [0.2, 0.25) is 0 Å². The van der Waals surface area contributed by atoms with Crippen LogP contribution < -0.4 is 29.6 Å². The number of rotatable bonds is 6. The van der Waals surface area contributed by atoms with E-state index >= 15 is 0 Å². The molecule has 5 nitrogen and oxygen atoms in total. The molecule has 4 aliphatic rings. The first-order chi connectivity index (χ1) is 11.4. The van der Waals surface area contributed by atoms with Crippen LogP contribution in [0.4, 0.5) is 17.6 Å². The summed E-state index contributed by atoms with van der Waals surface area (Å²) in [6.07, 6.45) is 3.31. The summed E-state index contributed by atoms with van der Waals surface area (Å²) in [6, 6.07) is 0. The van der Waals surface area contributed by atoms with Crippen molar-refractivity contribution in [2.24, 2.45) is 23.2 Å². The zero-order valence-electron chi connectivity index (χ0n) is 14.4.